The Hall–Kier alpha value is -1.17. The monoisotopic (exact) mass is 321 g/mol. The number of aryl methyl sites for hydroxylation is 2. The first-order valence-corrected chi connectivity index (χ1v) is 9.55. The summed E-state index contributed by atoms with van der Waals surface area (Å²) in [4.78, 5) is 3.14. The summed E-state index contributed by atoms with van der Waals surface area (Å²) >= 11 is 1.80. The molecule has 2 heterocycles. The van der Waals surface area contributed by atoms with Crippen molar-refractivity contribution >= 4 is 21.2 Å². The molecule has 1 aliphatic rings. The molecule has 1 aromatic carbocycles. The summed E-state index contributed by atoms with van der Waals surface area (Å²) in [5.41, 5.74) is 2.23. The van der Waals surface area contributed by atoms with Crippen LogP contribution in [0.4, 0.5) is 0 Å². The number of hydrogen-bond donors (Lipinski definition) is 1. The van der Waals surface area contributed by atoms with E-state index in [-0.39, 0.29) is 11.8 Å². The van der Waals surface area contributed by atoms with E-state index < -0.39 is 9.84 Å². The van der Waals surface area contributed by atoms with Crippen LogP contribution in [0.25, 0.3) is 0 Å². The van der Waals surface area contributed by atoms with E-state index in [9.17, 15) is 8.42 Å². The zero-order valence-electron chi connectivity index (χ0n) is 12.2. The maximum atomic E-state index is 12.1. The van der Waals surface area contributed by atoms with Crippen molar-refractivity contribution in [3.63, 3.8) is 0 Å². The number of benzene rings is 1. The Labute approximate surface area is 129 Å². The molecule has 1 aliphatic heterocycles. The predicted molar refractivity (Wildman–Crippen MR) is 86.5 cm³/mol. The molecule has 0 saturated heterocycles. The molecule has 1 N–H and O–H groups in total. The highest BCUT2D eigenvalue weighted by atomic mass is 32.2. The lowest BCUT2D eigenvalue weighted by molar-refractivity contribution is 0.493. The van der Waals surface area contributed by atoms with Gasteiger partial charge in [-0.3, -0.25) is 0 Å². The SMILES string of the molecule is Cc1cc(CNC2CCS(=O)(=O)c3ccccc32)sc1C. The Morgan fingerprint density at radius 1 is 1.29 bits per heavy atom. The van der Waals surface area contributed by atoms with E-state index in [4.69, 9.17) is 0 Å². The first-order valence-electron chi connectivity index (χ1n) is 7.08. The lowest BCUT2D eigenvalue weighted by Gasteiger charge is -2.26. The number of rotatable bonds is 3. The predicted octanol–water partition coefficient (Wildman–Crippen LogP) is 3.37. The second-order valence-electron chi connectivity index (χ2n) is 5.53. The van der Waals surface area contributed by atoms with Crippen molar-refractivity contribution in [1.82, 2.24) is 5.32 Å². The molecule has 3 nitrogen and oxygen atoms in total. The van der Waals surface area contributed by atoms with Crippen LogP contribution in [0.3, 0.4) is 0 Å². The molecule has 1 aromatic heterocycles. The molecule has 5 heteroatoms. The van der Waals surface area contributed by atoms with E-state index in [1.807, 2.05) is 12.1 Å². The molecule has 2 aromatic rings. The molecule has 0 spiro atoms. The van der Waals surface area contributed by atoms with Gasteiger partial charge >= 0.3 is 0 Å². The highest BCUT2D eigenvalue weighted by Crippen LogP contribution is 2.32. The largest absolute Gasteiger partial charge is 0.305 e. The van der Waals surface area contributed by atoms with E-state index in [0.29, 0.717) is 11.3 Å². The van der Waals surface area contributed by atoms with Gasteiger partial charge in [-0.1, -0.05) is 18.2 Å². The highest BCUT2D eigenvalue weighted by Gasteiger charge is 2.29. The lowest BCUT2D eigenvalue weighted by Crippen LogP contribution is -2.29. The Morgan fingerprint density at radius 3 is 2.76 bits per heavy atom. The van der Waals surface area contributed by atoms with E-state index in [2.05, 4.69) is 25.2 Å². The second kappa shape index (κ2) is 5.55. The van der Waals surface area contributed by atoms with Crippen molar-refractivity contribution in [3.8, 4) is 0 Å². The molecule has 1 unspecified atom stereocenters. The van der Waals surface area contributed by atoms with Crippen molar-refractivity contribution in [3.05, 3.63) is 51.2 Å². The van der Waals surface area contributed by atoms with Crippen LogP contribution in [-0.4, -0.2) is 14.2 Å². The van der Waals surface area contributed by atoms with E-state index in [1.165, 1.54) is 15.3 Å². The third-order valence-electron chi connectivity index (χ3n) is 4.04. The molecule has 0 amide bonds. The second-order valence-corrected chi connectivity index (χ2v) is 8.95. The third kappa shape index (κ3) is 2.91. The van der Waals surface area contributed by atoms with E-state index in [0.717, 1.165) is 12.1 Å². The number of nitrogens with one attached hydrogen (secondary N) is 1. The Kier molecular flexibility index (Phi) is 3.90. The first-order chi connectivity index (χ1) is 9.97. The van der Waals surface area contributed by atoms with Gasteiger partial charge in [0.2, 0.25) is 0 Å². The van der Waals surface area contributed by atoms with Crippen molar-refractivity contribution < 1.29 is 8.42 Å². The van der Waals surface area contributed by atoms with Crippen LogP contribution in [0, 0.1) is 13.8 Å². The molecular weight excluding hydrogens is 302 g/mol. The van der Waals surface area contributed by atoms with Gasteiger partial charge in [0.25, 0.3) is 0 Å². The third-order valence-corrected chi connectivity index (χ3v) is 7.01. The summed E-state index contributed by atoms with van der Waals surface area (Å²) in [6.45, 7) is 5.04. The summed E-state index contributed by atoms with van der Waals surface area (Å²) in [7, 11) is -3.10. The van der Waals surface area contributed by atoms with Gasteiger partial charge in [0.15, 0.2) is 9.84 Å². The van der Waals surface area contributed by atoms with E-state index >= 15 is 0 Å². The molecular formula is C16H19NO2S2. The Bertz CT molecular complexity index is 743. The molecule has 1 atom stereocenters. The summed E-state index contributed by atoms with van der Waals surface area (Å²) in [5.74, 6) is 0.226. The summed E-state index contributed by atoms with van der Waals surface area (Å²) < 4.78 is 24.2. The Morgan fingerprint density at radius 2 is 2.05 bits per heavy atom. The standard InChI is InChI=1S/C16H19NO2S2/c1-11-9-13(20-12(11)2)10-17-15-7-8-21(18,19)16-6-4-3-5-14(15)16/h3-6,9,15,17H,7-8,10H2,1-2H3. The lowest BCUT2D eigenvalue weighted by atomic mass is 10.0. The van der Waals surface area contributed by atoms with Gasteiger partial charge < -0.3 is 5.32 Å². The van der Waals surface area contributed by atoms with Crippen LogP contribution < -0.4 is 5.32 Å². The van der Waals surface area contributed by atoms with Crippen LogP contribution in [-0.2, 0) is 16.4 Å². The van der Waals surface area contributed by atoms with Crippen molar-refractivity contribution in [2.75, 3.05) is 5.75 Å². The molecule has 0 fully saturated rings. The number of fused-ring (bicyclic) bond motifs is 1. The summed E-state index contributed by atoms with van der Waals surface area (Å²) in [6, 6.07) is 9.68. The van der Waals surface area contributed by atoms with Gasteiger partial charge in [0, 0.05) is 22.3 Å². The fraction of sp³-hybridized carbons (Fsp3) is 0.375. The average molecular weight is 321 g/mol. The minimum absolute atomic E-state index is 0.118. The Balaban J connectivity index is 1.81. The van der Waals surface area contributed by atoms with Crippen molar-refractivity contribution in [1.29, 1.82) is 0 Å². The number of thiophene rings is 1. The molecule has 3 rings (SSSR count). The van der Waals surface area contributed by atoms with Gasteiger partial charge in [-0.2, -0.15) is 0 Å². The first kappa shape index (κ1) is 14.8. The van der Waals surface area contributed by atoms with Gasteiger partial charge in [-0.15, -0.1) is 11.3 Å². The summed E-state index contributed by atoms with van der Waals surface area (Å²) in [5, 5.41) is 3.52. The van der Waals surface area contributed by atoms with Crippen LogP contribution >= 0.6 is 11.3 Å². The molecule has 0 radical (unpaired) electrons. The van der Waals surface area contributed by atoms with Gasteiger partial charge in [0.05, 0.1) is 10.6 Å². The van der Waals surface area contributed by atoms with Gasteiger partial charge in [0.1, 0.15) is 0 Å². The summed E-state index contributed by atoms with van der Waals surface area (Å²) in [6.07, 6.45) is 0.642. The highest BCUT2D eigenvalue weighted by molar-refractivity contribution is 7.91. The van der Waals surface area contributed by atoms with Crippen LogP contribution in [0.2, 0.25) is 0 Å². The zero-order chi connectivity index (χ0) is 15.0. The molecule has 0 bridgehead atoms. The zero-order valence-corrected chi connectivity index (χ0v) is 13.9. The minimum atomic E-state index is -3.10. The molecule has 0 saturated carbocycles. The average Bonchev–Trinajstić information content (AvgIpc) is 2.77. The number of hydrogen-bond acceptors (Lipinski definition) is 4. The molecule has 112 valence electrons. The normalized spacial score (nSPS) is 20.2. The van der Waals surface area contributed by atoms with Crippen LogP contribution in [0.15, 0.2) is 35.2 Å². The topological polar surface area (TPSA) is 46.2 Å². The molecule has 0 aliphatic carbocycles. The van der Waals surface area contributed by atoms with Crippen LogP contribution in [0.1, 0.15) is 33.3 Å². The quantitative estimate of drug-likeness (QED) is 0.943. The fourth-order valence-corrected chi connectivity index (χ4v) is 5.39. The van der Waals surface area contributed by atoms with Gasteiger partial charge in [-0.25, -0.2) is 8.42 Å². The van der Waals surface area contributed by atoms with E-state index in [1.54, 1.807) is 23.5 Å². The van der Waals surface area contributed by atoms with Crippen molar-refractivity contribution in [2.24, 2.45) is 0 Å². The maximum absolute atomic E-state index is 12.1. The van der Waals surface area contributed by atoms with Crippen molar-refractivity contribution in [2.45, 2.75) is 37.8 Å². The number of sulfone groups is 1. The smallest absolute Gasteiger partial charge is 0.178 e. The minimum Gasteiger partial charge on any atom is -0.305 e. The molecule has 21 heavy (non-hydrogen) atoms. The fourth-order valence-electron chi connectivity index (χ4n) is 2.76. The van der Waals surface area contributed by atoms with Crippen LogP contribution in [0.5, 0.6) is 0 Å². The maximum Gasteiger partial charge on any atom is 0.178 e. The van der Waals surface area contributed by atoms with Gasteiger partial charge in [-0.05, 0) is 43.5 Å².